The van der Waals surface area contributed by atoms with Gasteiger partial charge >= 0.3 is 0 Å². The minimum Gasteiger partial charge on any atom is -0.314 e. The van der Waals surface area contributed by atoms with Crippen LogP contribution in [0.3, 0.4) is 0 Å². The van der Waals surface area contributed by atoms with Crippen LogP contribution in [0.25, 0.3) is 0 Å². The number of halogens is 2. The lowest BCUT2D eigenvalue weighted by Gasteiger charge is -2.18. The first-order chi connectivity index (χ1) is 10.1. The second kappa shape index (κ2) is 7.32. The predicted molar refractivity (Wildman–Crippen MR) is 82.4 cm³/mol. The third-order valence-corrected chi connectivity index (χ3v) is 3.58. The molecular formula is C18H21F2N. The summed E-state index contributed by atoms with van der Waals surface area (Å²) in [5, 5.41) is 3.38. The van der Waals surface area contributed by atoms with E-state index in [1.54, 1.807) is 0 Å². The Bertz CT molecular complexity index is 578. The first-order valence-electron chi connectivity index (χ1n) is 7.31. The second-order valence-corrected chi connectivity index (χ2v) is 5.38. The van der Waals surface area contributed by atoms with Crippen LogP contribution in [0.5, 0.6) is 0 Å². The lowest BCUT2D eigenvalue weighted by atomic mass is 9.98. The summed E-state index contributed by atoms with van der Waals surface area (Å²) in [6.07, 6.45) is 1.37. The molecule has 1 atom stereocenters. The molecule has 112 valence electrons. The fourth-order valence-corrected chi connectivity index (χ4v) is 2.47. The van der Waals surface area contributed by atoms with Crippen LogP contribution < -0.4 is 5.32 Å². The maximum Gasteiger partial charge on any atom is 0.129 e. The average molecular weight is 289 g/mol. The van der Waals surface area contributed by atoms with E-state index in [1.807, 2.05) is 6.92 Å². The van der Waals surface area contributed by atoms with E-state index in [-0.39, 0.29) is 6.04 Å². The second-order valence-electron chi connectivity index (χ2n) is 5.38. The molecule has 0 aliphatic carbocycles. The number of benzene rings is 2. The van der Waals surface area contributed by atoms with Crippen LogP contribution in [-0.4, -0.2) is 12.6 Å². The highest BCUT2D eigenvalue weighted by Crippen LogP contribution is 2.14. The van der Waals surface area contributed by atoms with Gasteiger partial charge in [0.2, 0.25) is 0 Å². The molecule has 0 aromatic heterocycles. The summed E-state index contributed by atoms with van der Waals surface area (Å²) in [4.78, 5) is 0. The fourth-order valence-electron chi connectivity index (χ4n) is 2.47. The van der Waals surface area contributed by atoms with Crippen molar-refractivity contribution in [3.63, 3.8) is 0 Å². The molecule has 3 heteroatoms. The van der Waals surface area contributed by atoms with Gasteiger partial charge in [-0.25, -0.2) is 8.78 Å². The summed E-state index contributed by atoms with van der Waals surface area (Å²) in [5.74, 6) is -1.00. The summed E-state index contributed by atoms with van der Waals surface area (Å²) in [7, 11) is 0. The molecule has 0 saturated heterocycles. The highest BCUT2D eigenvalue weighted by atomic mass is 19.1. The van der Waals surface area contributed by atoms with Crippen molar-refractivity contribution in [2.24, 2.45) is 0 Å². The SMILES string of the molecule is CCNC(Cc1ccc(C)cc1)Cc1ccc(F)cc1F. The van der Waals surface area contributed by atoms with Gasteiger partial charge in [0.15, 0.2) is 0 Å². The van der Waals surface area contributed by atoms with Gasteiger partial charge in [0.1, 0.15) is 11.6 Å². The van der Waals surface area contributed by atoms with Crippen LogP contribution in [0, 0.1) is 18.6 Å². The molecule has 0 bridgehead atoms. The number of hydrogen-bond acceptors (Lipinski definition) is 1. The van der Waals surface area contributed by atoms with Crippen molar-refractivity contribution in [2.75, 3.05) is 6.54 Å². The monoisotopic (exact) mass is 289 g/mol. The molecule has 0 saturated carbocycles. The highest BCUT2D eigenvalue weighted by Gasteiger charge is 2.13. The Hall–Kier alpha value is -1.74. The van der Waals surface area contributed by atoms with E-state index in [1.165, 1.54) is 23.3 Å². The van der Waals surface area contributed by atoms with Crippen LogP contribution >= 0.6 is 0 Å². The summed E-state index contributed by atoms with van der Waals surface area (Å²) in [5.41, 5.74) is 2.99. The van der Waals surface area contributed by atoms with Crippen LogP contribution in [0.2, 0.25) is 0 Å². The Morgan fingerprint density at radius 3 is 2.33 bits per heavy atom. The van der Waals surface area contributed by atoms with Gasteiger partial charge in [-0.2, -0.15) is 0 Å². The van der Waals surface area contributed by atoms with Crippen LogP contribution in [-0.2, 0) is 12.8 Å². The van der Waals surface area contributed by atoms with Crippen molar-refractivity contribution in [1.29, 1.82) is 0 Å². The maximum atomic E-state index is 13.8. The zero-order valence-corrected chi connectivity index (χ0v) is 12.5. The molecule has 21 heavy (non-hydrogen) atoms. The molecule has 1 nitrogen and oxygen atoms in total. The zero-order chi connectivity index (χ0) is 15.2. The largest absolute Gasteiger partial charge is 0.314 e. The molecule has 0 amide bonds. The zero-order valence-electron chi connectivity index (χ0n) is 12.5. The number of rotatable bonds is 6. The van der Waals surface area contributed by atoms with Gasteiger partial charge in [0, 0.05) is 12.1 Å². The molecule has 1 N–H and O–H groups in total. The maximum absolute atomic E-state index is 13.8. The summed E-state index contributed by atoms with van der Waals surface area (Å²) >= 11 is 0. The van der Waals surface area contributed by atoms with Gasteiger partial charge in [-0.15, -0.1) is 0 Å². The average Bonchev–Trinajstić information content (AvgIpc) is 2.44. The molecule has 0 spiro atoms. The van der Waals surface area contributed by atoms with E-state index < -0.39 is 11.6 Å². The van der Waals surface area contributed by atoms with E-state index in [0.29, 0.717) is 12.0 Å². The predicted octanol–water partition coefficient (Wildman–Crippen LogP) is 4.04. The molecular weight excluding hydrogens is 268 g/mol. The first kappa shape index (κ1) is 15.6. The van der Waals surface area contributed by atoms with E-state index in [0.717, 1.165) is 19.0 Å². The van der Waals surface area contributed by atoms with Gasteiger partial charge in [-0.3, -0.25) is 0 Å². The molecule has 2 aromatic carbocycles. The van der Waals surface area contributed by atoms with E-state index in [9.17, 15) is 8.78 Å². The Morgan fingerprint density at radius 1 is 1.00 bits per heavy atom. The van der Waals surface area contributed by atoms with E-state index >= 15 is 0 Å². The van der Waals surface area contributed by atoms with Crippen molar-refractivity contribution < 1.29 is 8.78 Å². The lowest BCUT2D eigenvalue weighted by molar-refractivity contribution is 0.501. The van der Waals surface area contributed by atoms with Crippen molar-refractivity contribution in [1.82, 2.24) is 5.32 Å². The van der Waals surface area contributed by atoms with Crippen LogP contribution in [0.1, 0.15) is 23.6 Å². The Kier molecular flexibility index (Phi) is 5.45. The van der Waals surface area contributed by atoms with Crippen molar-refractivity contribution >= 4 is 0 Å². The van der Waals surface area contributed by atoms with Crippen molar-refractivity contribution in [3.8, 4) is 0 Å². The standard InChI is InChI=1S/C18H21F2N/c1-3-21-17(10-14-6-4-13(2)5-7-14)11-15-8-9-16(19)12-18(15)20/h4-9,12,17,21H,3,10-11H2,1-2H3. The van der Waals surface area contributed by atoms with Crippen LogP contribution in [0.4, 0.5) is 8.78 Å². The third-order valence-electron chi connectivity index (χ3n) is 3.58. The first-order valence-corrected chi connectivity index (χ1v) is 7.31. The highest BCUT2D eigenvalue weighted by molar-refractivity contribution is 5.24. The third kappa shape index (κ3) is 4.64. The van der Waals surface area contributed by atoms with Gasteiger partial charge in [-0.05, 0) is 43.5 Å². The van der Waals surface area contributed by atoms with Crippen LogP contribution in [0.15, 0.2) is 42.5 Å². The summed E-state index contributed by atoms with van der Waals surface area (Å²) in [6, 6.07) is 12.3. The normalized spacial score (nSPS) is 12.4. The molecule has 0 heterocycles. The number of nitrogens with one attached hydrogen (secondary N) is 1. The smallest absolute Gasteiger partial charge is 0.129 e. The molecule has 0 aliphatic rings. The molecule has 1 unspecified atom stereocenters. The van der Waals surface area contributed by atoms with Gasteiger partial charge in [0.05, 0.1) is 0 Å². The van der Waals surface area contributed by atoms with Gasteiger partial charge in [-0.1, -0.05) is 42.8 Å². The summed E-state index contributed by atoms with van der Waals surface area (Å²) < 4.78 is 26.7. The molecule has 2 aromatic rings. The van der Waals surface area contributed by atoms with Crippen molar-refractivity contribution in [2.45, 2.75) is 32.7 Å². The van der Waals surface area contributed by atoms with E-state index in [2.05, 4.69) is 36.5 Å². The Morgan fingerprint density at radius 2 is 1.71 bits per heavy atom. The summed E-state index contributed by atoms with van der Waals surface area (Å²) in [6.45, 7) is 4.90. The quantitative estimate of drug-likeness (QED) is 0.846. The molecule has 0 fully saturated rings. The topological polar surface area (TPSA) is 12.0 Å². The number of aryl methyl sites for hydroxylation is 1. The molecule has 0 aliphatic heterocycles. The number of likely N-dealkylation sites (N-methyl/N-ethyl adjacent to an activating group) is 1. The Balaban J connectivity index is 2.09. The van der Waals surface area contributed by atoms with Gasteiger partial charge in [0.25, 0.3) is 0 Å². The van der Waals surface area contributed by atoms with Crippen molar-refractivity contribution in [3.05, 3.63) is 70.8 Å². The minimum absolute atomic E-state index is 0.137. The Labute approximate surface area is 125 Å². The van der Waals surface area contributed by atoms with E-state index in [4.69, 9.17) is 0 Å². The number of hydrogen-bond donors (Lipinski definition) is 1. The minimum atomic E-state index is -0.533. The molecule has 2 rings (SSSR count). The van der Waals surface area contributed by atoms with Gasteiger partial charge < -0.3 is 5.32 Å². The fraction of sp³-hybridized carbons (Fsp3) is 0.333. The lowest BCUT2D eigenvalue weighted by Crippen LogP contribution is -2.33. The molecule has 0 radical (unpaired) electrons.